The van der Waals surface area contributed by atoms with E-state index in [9.17, 15) is 5.11 Å². The van der Waals surface area contributed by atoms with Crippen molar-refractivity contribution in [3.05, 3.63) is 175 Å². The lowest BCUT2D eigenvalue weighted by atomic mass is 9.79. The Morgan fingerprint density at radius 2 is 1.16 bits per heavy atom. The highest BCUT2D eigenvalue weighted by Crippen LogP contribution is 2.46. The largest absolute Gasteiger partial charge is 0.507 e. The molecule has 0 aliphatic heterocycles. The number of benzene rings is 6. The fourth-order valence-electron chi connectivity index (χ4n) is 7.32. The second kappa shape index (κ2) is 14.1. The van der Waals surface area contributed by atoms with Crippen molar-refractivity contribution in [2.45, 2.75) is 52.4 Å². The molecule has 1 N–H and O–H groups in total. The molecule has 0 saturated heterocycles. The summed E-state index contributed by atoms with van der Waals surface area (Å²) in [4.78, 5) is 12.5. The summed E-state index contributed by atoms with van der Waals surface area (Å²) in [5, 5.41) is 12.3. The molecule has 0 saturated carbocycles. The maximum Gasteiger partial charge on any atom is 0.149 e. The molecule has 0 amide bonds. The van der Waals surface area contributed by atoms with Crippen molar-refractivity contribution in [3.8, 4) is 45.2 Å². The van der Waals surface area contributed by atoms with Crippen LogP contribution in [0.4, 0.5) is 17.1 Å². The lowest BCUT2D eigenvalue weighted by Crippen LogP contribution is -2.17. The second-order valence-electron chi connectivity index (χ2n) is 16.2. The number of phenols is 1. The van der Waals surface area contributed by atoms with E-state index in [-0.39, 0.29) is 16.6 Å². The van der Waals surface area contributed by atoms with Gasteiger partial charge in [-0.05, 0) is 94.8 Å². The molecule has 2 aromatic heterocycles. The molecule has 55 heavy (non-hydrogen) atoms. The third kappa shape index (κ3) is 6.90. The fourth-order valence-corrected chi connectivity index (χ4v) is 7.32. The average Bonchev–Trinajstić information content (AvgIpc) is 3.58. The number of imidazole rings is 1. The van der Waals surface area contributed by atoms with Crippen LogP contribution in [0.3, 0.4) is 0 Å². The number of nitrogens with zero attached hydrogens (tertiary/aromatic N) is 4. The van der Waals surface area contributed by atoms with Crippen LogP contribution >= 0.6 is 0 Å². The third-order valence-corrected chi connectivity index (χ3v) is 10.2. The maximum atomic E-state index is 12.3. The first-order chi connectivity index (χ1) is 26.5. The van der Waals surface area contributed by atoms with Gasteiger partial charge in [0.25, 0.3) is 0 Å². The molecule has 2 heterocycles. The summed E-state index contributed by atoms with van der Waals surface area (Å²) in [5.74, 6) is 0.933. The molecule has 8 aromatic rings. The molecule has 272 valence electrons. The Kier molecular flexibility index (Phi) is 9.10. The van der Waals surface area contributed by atoms with Gasteiger partial charge in [-0.25, -0.2) is 4.98 Å². The van der Waals surface area contributed by atoms with Gasteiger partial charge in [-0.3, -0.25) is 9.55 Å². The SMILES string of the molecule is CC(C)(C)c1cc(-c2nc3c(-c4cccc(-c5ccccn5)c4)cc(N(c4ccccc4)c4ccccc4)cc3n2-c2ccccc2)c(O)c(C(C)(C)C)c1. The first-order valence-corrected chi connectivity index (χ1v) is 18.9. The topological polar surface area (TPSA) is 54.2 Å². The van der Waals surface area contributed by atoms with Crippen LogP contribution in [0.25, 0.3) is 50.5 Å². The number of fused-ring (bicyclic) bond motifs is 1. The Bertz CT molecular complexity index is 2560. The summed E-state index contributed by atoms with van der Waals surface area (Å²) in [5.41, 5.74) is 11.9. The van der Waals surface area contributed by atoms with Crippen molar-refractivity contribution < 1.29 is 5.11 Å². The number of anilines is 3. The molecule has 0 unspecified atom stereocenters. The standard InChI is InChI=1S/C50H46N4O/c1-49(2,3)36-30-42(47(55)43(31-36)50(4,5)6)48-52-46-41(34-19-18-20-35(29-34)44-27-16-17-28-51-44)32-40(33-45(46)54(48)39-25-14-9-15-26-39)53(37-21-10-7-11-22-37)38-23-12-8-13-24-38/h7-33,55H,1-6H3. The number of hydrogen-bond donors (Lipinski definition) is 1. The van der Waals surface area contributed by atoms with E-state index in [2.05, 4.69) is 177 Å². The highest BCUT2D eigenvalue weighted by molar-refractivity contribution is 6.00. The molecule has 0 spiro atoms. The van der Waals surface area contributed by atoms with Crippen molar-refractivity contribution >= 4 is 28.1 Å². The average molecular weight is 719 g/mol. The van der Waals surface area contributed by atoms with E-state index in [4.69, 9.17) is 4.98 Å². The van der Waals surface area contributed by atoms with Gasteiger partial charge in [0.2, 0.25) is 0 Å². The van der Waals surface area contributed by atoms with E-state index in [1.54, 1.807) is 0 Å². The van der Waals surface area contributed by atoms with Crippen LogP contribution in [-0.2, 0) is 10.8 Å². The second-order valence-corrected chi connectivity index (χ2v) is 16.2. The van der Waals surface area contributed by atoms with Gasteiger partial charge in [-0.2, -0.15) is 0 Å². The third-order valence-electron chi connectivity index (χ3n) is 10.2. The van der Waals surface area contributed by atoms with Gasteiger partial charge in [0, 0.05) is 45.6 Å². The van der Waals surface area contributed by atoms with Gasteiger partial charge in [0.05, 0.1) is 22.3 Å². The Labute approximate surface area is 324 Å². The summed E-state index contributed by atoms with van der Waals surface area (Å²) in [7, 11) is 0. The molecule has 6 aromatic carbocycles. The molecule has 0 aliphatic rings. The normalized spacial score (nSPS) is 11.9. The Morgan fingerprint density at radius 1 is 0.545 bits per heavy atom. The Balaban J connectivity index is 1.51. The zero-order valence-electron chi connectivity index (χ0n) is 32.3. The molecule has 5 heteroatoms. The van der Waals surface area contributed by atoms with Crippen LogP contribution in [0.1, 0.15) is 52.7 Å². The molecular weight excluding hydrogens is 673 g/mol. The number of phenolic OH excluding ortho intramolecular Hbond substituents is 1. The van der Waals surface area contributed by atoms with Gasteiger partial charge in [-0.1, -0.05) is 126 Å². The minimum atomic E-state index is -0.306. The van der Waals surface area contributed by atoms with E-state index < -0.39 is 0 Å². The summed E-state index contributed by atoms with van der Waals surface area (Å²) in [6, 6.07) is 54.6. The van der Waals surface area contributed by atoms with Gasteiger partial charge in [0.15, 0.2) is 0 Å². The van der Waals surface area contributed by atoms with Crippen molar-refractivity contribution in [1.82, 2.24) is 14.5 Å². The molecule has 8 rings (SSSR count). The van der Waals surface area contributed by atoms with E-state index in [1.165, 1.54) is 0 Å². The van der Waals surface area contributed by atoms with Crippen molar-refractivity contribution in [3.63, 3.8) is 0 Å². The maximum absolute atomic E-state index is 12.3. The van der Waals surface area contributed by atoms with Gasteiger partial charge in [0.1, 0.15) is 11.6 Å². The van der Waals surface area contributed by atoms with Crippen LogP contribution in [-0.4, -0.2) is 19.6 Å². The summed E-state index contributed by atoms with van der Waals surface area (Å²) >= 11 is 0. The highest BCUT2D eigenvalue weighted by Gasteiger charge is 2.29. The number of aromatic nitrogens is 3. The summed E-state index contributed by atoms with van der Waals surface area (Å²) in [6.07, 6.45) is 1.83. The van der Waals surface area contributed by atoms with Crippen LogP contribution in [0.5, 0.6) is 5.75 Å². The quantitative estimate of drug-likeness (QED) is 0.178. The predicted octanol–water partition coefficient (Wildman–Crippen LogP) is 13.2. The van der Waals surface area contributed by atoms with Gasteiger partial charge >= 0.3 is 0 Å². The first-order valence-electron chi connectivity index (χ1n) is 18.9. The van der Waals surface area contributed by atoms with E-state index in [1.807, 2.05) is 42.6 Å². The van der Waals surface area contributed by atoms with Crippen molar-refractivity contribution in [2.75, 3.05) is 4.90 Å². The van der Waals surface area contributed by atoms with E-state index in [0.29, 0.717) is 11.4 Å². The smallest absolute Gasteiger partial charge is 0.149 e. The van der Waals surface area contributed by atoms with Crippen LogP contribution in [0.2, 0.25) is 0 Å². The van der Waals surface area contributed by atoms with Crippen LogP contribution in [0, 0.1) is 0 Å². The predicted molar refractivity (Wildman–Crippen MR) is 229 cm³/mol. The first kappa shape index (κ1) is 35.6. The molecular formula is C50H46N4O. The summed E-state index contributed by atoms with van der Waals surface area (Å²) < 4.78 is 2.22. The minimum Gasteiger partial charge on any atom is -0.507 e. The fraction of sp³-hybridized carbons (Fsp3) is 0.160. The van der Waals surface area contributed by atoms with E-state index >= 15 is 0 Å². The number of aromatic hydroxyl groups is 1. The highest BCUT2D eigenvalue weighted by atomic mass is 16.3. The van der Waals surface area contributed by atoms with Crippen LogP contribution < -0.4 is 4.90 Å². The van der Waals surface area contributed by atoms with E-state index in [0.717, 1.165) is 67.3 Å². The van der Waals surface area contributed by atoms with Gasteiger partial charge in [-0.15, -0.1) is 0 Å². The zero-order valence-corrected chi connectivity index (χ0v) is 32.3. The Hall–Kier alpha value is -6.46. The molecule has 0 bridgehead atoms. The number of rotatable bonds is 7. The Morgan fingerprint density at radius 3 is 1.76 bits per heavy atom. The lowest BCUT2D eigenvalue weighted by Gasteiger charge is -2.27. The molecule has 0 aliphatic carbocycles. The van der Waals surface area contributed by atoms with Crippen molar-refractivity contribution in [1.29, 1.82) is 0 Å². The minimum absolute atomic E-state index is 0.165. The number of hydrogen-bond acceptors (Lipinski definition) is 4. The molecule has 5 nitrogen and oxygen atoms in total. The van der Waals surface area contributed by atoms with Crippen LogP contribution in [0.15, 0.2) is 164 Å². The summed E-state index contributed by atoms with van der Waals surface area (Å²) in [6.45, 7) is 13.1. The number of pyridine rings is 1. The zero-order chi connectivity index (χ0) is 38.3. The van der Waals surface area contributed by atoms with Crippen molar-refractivity contribution in [2.24, 2.45) is 0 Å². The molecule has 0 radical (unpaired) electrons. The lowest BCUT2D eigenvalue weighted by molar-refractivity contribution is 0.446. The van der Waals surface area contributed by atoms with Gasteiger partial charge < -0.3 is 10.0 Å². The molecule has 0 fully saturated rings. The monoisotopic (exact) mass is 718 g/mol. The number of para-hydroxylation sites is 3. The molecule has 0 atom stereocenters.